The van der Waals surface area contributed by atoms with Crippen LogP contribution in [0, 0.1) is 0 Å². The Morgan fingerprint density at radius 3 is 2.75 bits per heavy atom. The number of nitrogens with one attached hydrogen (secondary N) is 1. The number of rotatable bonds is 7. The van der Waals surface area contributed by atoms with E-state index in [1.165, 1.54) is 12.1 Å². The van der Waals surface area contributed by atoms with Gasteiger partial charge in [-0.05, 0) is 24.0 Å². The van der Waals surface area contributed by atoms with Crippen molar-refractivity contribution >= 4 is 0 Å². The van der Waals surface area contributed by atoms with Gasteiger partial charge in [0.25, 0.3) is 0 Å². The van der Waals surface area contributed by atoms with E-state index in [2.05, 4.69) is 38.1 Å². The molecule has 2 rings (SSSR count). The Morgan fingerprint density at radius 1 is 1.25 bits per heavy atom. The molecule has 1 aromatic carbocycles. The maximum Gasteiger partial charge on any atom is 0.122 e. The lowest BCUT2D eigenvalue weighted by Gasteiger charge is -2.23. The van der Waals surface area contributed by atoms with Gasteiger partial charge in [-0.2, -0.15) is 0 Å². The number of morpholine rings is 1. The predicted molar refractivity (Wildman–Crippen MR) is 81.6 cm³/mol. The molecule has 20 heavy (non-hydrogen) atoms. The fraction of sp³-hybridized carbons (Fsp3) is 0.647. The van der Waals surface area contributed by atoms with Crippen LogP contribution in [0.1, 0.15) is 38.2 Å². The molecule has 1 fully saturated rings. The van der Waals surface area contributed by atoms with Gasteiger partial charge in [0.15, 0.2) is 0 Å². The second kappa shape index (κ2) is 8.28. The van der Waals surface area contributed by atoms with Gasteiger partial charge in [-0.25, -0.2) is 0 Å². The lowest BCUT2D eigenvalue weighted by Crippen LogP contribution is -3.14. The SMILES string of the molecule is CC[C@H](C)c1ccccc1OCCC[NH+]1CCOCC1. The van der Waals surface area contributed by atoms with Crippen LogP contribution in [0.2, 0.25) is 0 Å². The lowest BCUT2D eigenvalue weighted by molar-refractivity contribution is -0.908. The topological polar surface area (TPSA) is 22.9 Å². The summed E-state index contributed by atoms with van der Waals surface area (Å²) in [5, 5.41) is 0. The second-order valence-electron chi connectivity index (χ2n) is 5.66. The number of para-hydroxylation sites is 1. The Labute approximate surface area is 122 Å². The summed E-state index contributed by atoms with van der Waals surface area (Å²) in [4.78, 5) is 1.65. The molecule has 112 valence electrons. The first kappa shape index (κ1) is 15.3. The predicted octanol–water partition coefficient (Wildman–Crippen LogP) is 1.88. The number of benzene rings is 1. The summed E-state index contributed by atoms with van der Waals surface area (Å²) in [6.45, 7) is 10.6. The standard InChI is InChI=1S/C17H27NO2/c1-3-15(2)16-7-4-5-8-17(16)20-12-6-9-18-10-13-19-14-11-18/h4-5,7-8,15H,3,6,9-14H2,1-2H3/p+1/t15-/m0/s1. The minimum absolute atomic E-state index is 0.566. The third-order valence-corrected chi connectivity index (χ3v) is 4.19. The zero-order valence-corrected chi connectivity index (χ0v) is 12.9. The highest BCUT2D eigenvalue weighted by Crippen LogP contribution is 2.28. The van der Waals surface area contributed by atoms with Crippen LogP contribution in [0.3, 0.4) is 0 Å². The minimum atomic E-state index is 0.566. The van der Waals surface area contributed by atoms with E-state index in [1.807, 2.05) is 0 Å². The summed E-state index contributed by atoms with van der Waals surface area (Å²) < 4.78 is 11.4. The van der Waals surface area contributed by atoms with Crippen molar-refractivity contribution in [2.45, 2.75) is 32.6 Å². The van der Waals surface area contributed by atoms with Gasteiger partial charge in [-0.15, -0.1) is 0 Å². The van der Waals surface area contributed by atoms with Crippen LogP contribution in [0.15, 0.2) is 24.3 Å². The first-order chi connectivity index (χ1) is 9.81. The molecule has 0 saturated carbocycles. The molecule has 0 spiro atoms. The molecule has 0 amide bonds. The van der Waals surface area contributed by atoms with Gasteiger partial charge in [0.05, 0.1) is 26.4 Å². The summed E-state index contributed by atoms with van der Waals surface area (Å²) >= 11 is 0. The van der Waals surface area contributed by atoms with Gasteiger partial charge in [0, 0.05) is 6.42 Å². The molecule has 1 aromatic rings. The van der Waals surface area contributed by atoms with E-state index >= 15 is 0 Å². The molecule has 1 saturated heterocycles. The third-order valence-electron chi connectivity index (χ3n) is 4.19. The molecular formula is C17H28NO2+. The molecular weight excluding hydrogens is 250 g/mol. The summed E-state index contributed by atoms with van der Waals surface area (Å²) in [6.07, 6.45) is 2.27. The molecule has 3 heteroatoms. The van der Waals surface area contributed by atoms with Gasteiger partial charge < -0.3 is 14.4 Å². The average molecular weight is 278 g/mol. The van der Waals surface area contributed by atoms with Crippen LogP contribution in [0.25, 0.3) is 0 Å². The molecule has 0 aromatic heterocycles. The third kappa shape index (κ3) is 4.50. The summed E-state index contributed by atoms with van der Waals surface area (Å²) in [6, 6.07) is 8.46. The van der Waals surface area contributed by atoms with E-state index in [-0.39, 0.29) is 0 Å². The molecule has 0 radical (unpaired) electrons. The van der Waals surface area contributed by atoms with Crippen LogP contribution in [0.4, 0.5) is 0 Å². The maximum absolute atomic E-state index is 6.01. The molecule has 1 aliphatic rings. The molecule has 0 bridgehead atoms. The molecule has 0 unspecified atom stereocenters. The molecule has 1 N–H and O–H groups in total. The van der Waals surface area contributed by atoms with Crippen LogP contribution in [0.5, 0.6) is 5.75 Å². The highest BCUT2D eigenvalue weighted by molar-refractivity contribution is 5.35. The number of quaternary nitrogens is 1. The fourth-order valence-corrected chi connectivity index (χ4v) is 2.65. The van der Waals surface area contributed by atoms with Crippen molar-refractivity contribution in [2.75, 3.05) is 39.5 Å². The second-order valence-corrected chi connectivity index (χ2v) is 5.66. The van der Waals surface area contributed by atoms with E-state index in [1.54, 1.807) is 4.90 Å². The zero-order valence-electron chi connectivity index (χ0n) is 12.9. The van der Waals surface area contributed by atoms with Crippen LogP contribution in [-0.2, 0) is 4.74 Å². The highest BCUT2D eigenvalue weighted by Gasteiger charge is 2.13. The van der Waals surface area contributed by atoms with Crippen LogP contribution < -0.4 is 9.64 Å². The number of hydrogen-bond acceptors (Lipinski definition) is 2. The Kier molecular flexibility index (Phi) is 6.34. The normalized spacial score (nSPS) is 17.9. The summed E-state index contributed by atoms with van der Waals surface area (Å²) in [7, 11) is 0. The summed E-state index contributed by atoms with van der Waals surface area (Å²) in [5.74, 6) is 1.63. The van der Waals surface area contributed by atoms with Gasteiger partial charge in [-0.3, -0.25) is 0 Å². The Hall–Kier alpha value is -1.06. The van der Waals surface area contributed by atoms with Crippen molar-refractivity contribution in [1.29, 1.82) is 0 Å². The van der Waals surface area contributed by atoms with Crippen molar-refractivity contribution < 1.29 is 14.4 Å². The number of ether oxygens (including phenoxy) is 2. The van der Waals surface area contributed by atoms with Gasteiger partial charge in [0.2, 0.25) is 0 Å². The first-order valence-corrected chi connectivity index (χ1v) is 7.94. The van der Waals surface area contributed by atoms with Crippen molar-refractivity contribution in [3.8, 4) is 5.75 Å². The lowest BCUT2D eigenvalue weighted by atomic mass is 9.98. The summed E-state index contributed by atoms with van der Waals surface area (Å²) in [5.41, 5.74) is 1.34. The van der Waals surface area contributed by atoms with Crippen molar-refractivity contribution in [2.24, 2.45) is 0 Å². The quantitative estimate of drug-likeness (QED) is 0.770. The molecule has 3 nitrogen and oxygen atoms in total. The van der Waals surface area contributed by atoms with E-state index in [4.69, 9.17) is 9.47 Å². The molecule has 0 aliphatic carbocycles. The zero-order chi connectivity index (χ0) is 14.2. The minimum Gasteiger partial charge on any atom is -0.493 e. The van der Waals surface area contributed by atoms with Crippen LogP contribution in [-0.4, -0.2) is 39.5 Å². The Morgan fingerprint density at radius 2 is 2.00 bits per heavy atom. The number of hydrogen-bond donors (Lipinski definition) is 1. The van der Waals surface area contributed by atoms with E-state index in [0.717, 1.165) is 51.5 Å². The van der Waals surface area contributed by atoms with Gasteiger partial charge in [-0.1, -0.05) is 32.0 Å². The Balaban J connectivity index is 1.76. The van der Waals surface area contributed by atoms with Crippen molar-refractivity contribution in [1.82, 2.24) is 0 Å². The van der Waals surface area contributed by atoms with Crippen molar-refractivity contribution in [3.63, 3.8) is 0 Å². The van der Waals surface area contributed by atoms with Crippen molar-refractivity contribution in [3.05, 3.63) is 29.8 Å². The van der Waals surface area contributed by atoms with Gasteiger partial charge in [0.1, 0.15) is 18.8 Å². The molecule has 1 aliphatic heterocycles. The van der Waals surface area contributed by atoms with E-state index < -0.39 is 0 Å². The molecule has 1 atom stereocenters. The maximum atomic E-state index is 6.01. The smallest absolute Gasteiger partial charge is 0.122 e. The Bertz CT molecular complexity index is 388. The largest absolute Gasteiger partial charge is 0.493 e. The average Bonchev–Trinajstić information content (AvgIpc) is 2.52. The highest BCUT2D eigenvalue weighted by atomic mass is 16.5. The first-order valence-electron chi connectivity index (χ1n) is 7.94. The van der Waals surface area contributed by atoms with E-state index in [0.29, 0.717) is 5.92 Å². The fourth-order valence-electron chi connectivity index (χ4n) is 2.65. The molecule has 1 heterocycles. The van der Waals surface area contributed by atoms with E-state index in [9.17, 15) is 0 Å². The monoisotopic (exact) mass is 278 g/mol. The van der Waals surface area contributed by atoms with Gasteiger partial charge >= 0.3 is 0 Å². The van der Waals surface area contributed by atoms with Crippen LogP contribution >= 0.6 is 0 Å².